The van der Waals surface area contributed by atoms with E-state index < -0.39 is 17.2 Å². The monoisotopic (exact) mass is 529 g/mol. The van der Waals surface area contributed by atoms with Crippen LogP contribution < -0.4 is 5.32 Å². The Bertz CT molecular complexity index is 1710. The number of furan rings is 1. The predicted octanol–water partition coefficient (Wildman–Crippen LogP) is 7.09. The molecule has 1 N–H and O–H groups in total. The second-order valence-corrected chi connectivity index (χ2v) is 10.8. The molecule has 2 aromatic heterocycles. The quantitative estimate of drug-likeness (QED) is 0.255. The Labute approximate surface area is 222 Å². The smallest absolute Gasteiger partial charge is 0.416 e. The first-order chi connectivity index (χ1) is 18.8. The van der Waals surface area contributed by atoms with Gasteiger partial charge in [-0.2, -0.15) is 13.2 Å². The summed E-state index contributed by atoms with van der Waals surface area (Å²) in [6, 6.07) is 19.3. The molecular weight excluding hydrogens is 503 g/mol. The van der Waals surface area contributed by atoms with E-state index in [4.69, 9.17) is 9.40 Å². The van der Waals surface area contributed by atoms with Crippen molar-refractivity contribution in [2.45, 2.75) is 32.0 Å². The average Bonchev–Trinajstić information content (AvgIpc) is 3.36. The first-order valence-corrected chi connectivity index (χ1v) is 13.2. The van der Waals surface area contributed by atoms with E-state index in [1.54, 1.807) is 6.26 Å². The van der Waals surface area contributed by atoms with Gasteiger partial charge in [-0.25, -0.2) is 4.98 Å². The molecule has 0 radical (unpaired) electrons. The Morgan fingerprint density at radius 1 is 1.05 bits per heavy atom. The van der Waals surface area contributed by atoms with Crippen LogP contribution in [0, 0.1) is 11.3 Å². The molecular formula is C31H26F3N3O2. The molecule has 5 nitrogen and oxygen atoms in total. The summed E-state index contributed by atoms with van der Waals surface area (Å²) in [6.45, 7) is 1.68. The SMILES string of the molecule is O=C(C1CC1)[C@@]1(Cn2c(-c3ccc(-c4coc5ccccc45)cc3)nc3cc(C(F)(F)F)ccc32)CCNC1. The van der Waals surface area contributed by atoms with Crippen molar-refractivity contribution in [2.75, 3.05) is 13.1 Å². The zero-order valence-corrected chi connectivity index (χ0v) is 21.1. The number of alkyl halides is 3. The lowest BCUT2D eigenvalue weighted by molar-refractivity contribution is -0.137. The fourth-order valence-corrected chi connectivity index (χ4v) is 5.93. The number of halogens is 3. The van der Waals surface area contributed by atoms with Gasteiger partial charge in [0, 0.05) is 35.5 Å². The third-order valence-corrected chi connectivity index (χ3v) is 8.19. The summed E-state index contributed by atoms with van der Waals surface area (Å²) in [4.78, 5) is 18.2. The zero-order valence-electron chi connectivity index (χ0n) is 21.1. The molecule has 0 amide bonds. The zero-order chi connectivity index (χ0) is 26.8. The molecule has 0 bridgehead atoms. The molecule has 198 valence electrons. The Kier molecular flexibility index (Phi) is 5.46. The average molecular weight is 530 g/mol. The molecule has 39 heavy (non-hydrogen) atoms. The number of carbonyl (C=O) groups excluding carboxylic acids is 1. The summed E-state index contributed by atoms with van der Waals surface area (Å²) in [6.07, 6.45) is -0.206. The Hall–Kier alpha value is -3.91. The number of rotatable bonds is 6. The molecule has 1 saturated carbocycles. The summed E-state index contributed by atoms with van der Waals surface area (Å²) in [5.74, 6) is 0.904. The Morgan fingerprint density at radius 2 is 1.82 bits per heavy atom. The van der Waals surface area contributed by atoms with E-state index in [0.29, 0.717) is 30.9 Å². The van der Waals surface area contributed by atoms with Crippen molar-refractivity contribution in [3.63, 3.8) is 0 Å². The van der Waals surface area contributed by atoms with Crippen LogP contribution in [0.5, 0.6) is 0 Å². The van der Waals surface area contributed by atoms with Crippen molar-refractivity contribution in [3.8, 4) is 22.5 Å². The van der Waals surface area contributed by atoms with Gasteiger partial charge < -0.3 is 14.3 Å². The maximum absolute atomic E-state index is 13.5. The van der Waals surface area contributed by atoms with Gasteiger partial charge in [-0.3, -0.25) is 4.79 Å². The van der Waals surface area contributed by atoms with Crippen LogP contribution in [-0.2, 0) is 17.5 Å². The molecule has 0 unspecified atom stereocenters. The van der Waals surface area contributed by atoms with Gasteiger partial charge in [-0.05, 0) is 55.6 Å². The minimum atomic E-state index is -4.47. The number of nitrogens with one attached hydrogen (secondary N) is 1. The van der Waals surface area contributed by atoms with Crippen LogP contribution in [-0.4, -0.2) is 28.4 Å². The number of Topliss-reactive ketones (excluding diaryl/α,β-unsaturated/α-hetero) is 1. The molecule has 1 saturated heterocycles. The second-order valence-electron chi connectivity index (χ2n) is 10.8. The summed E-state index contributed by atoms with van der Waals surface area (Å²) in [5.41, 5.74) is 3.03. The maximum atomic E-state index is 13.5. The number of aromatic nitrogens is 2. The van der Waals surface area contributed by atoms with Crippen LogP contribution in [0.3, 0.4) is 0 Å². The van der Waals surface area contributed by atoms with E-state index in [-0.39, 0.29) is 17.2 Å². The van der Waals surface area contributed by atoms with Gasteiger partial charge >= 0.3 is 6.18 Å². The van der Waals surface area contributed by atoms with Gasteiger partial charge in [0.25, 0.3) is 0 Å². The van der Waals surface area contributed by atoms with Gasteiger partial charge in [0.05, 0.1) is 28.3 Å². The number of hydrogen-bond acceptors (Lipinski definition) is 4. The number of ketones is 1. The highest BCUT2D eigenvalue weighted by molar-refractivity contribution is 5.94. The molecule has 7 rings (SSSR count). The molecule has 1 atom stereocenters. The van der Waals surface area contributed by atoms with E-state index in [1.807, 2.05) is 53.1 Å². The maximum Gasteiger partial charge on any atom is 0.416 e. The van der Waals surface area contributed by atoms with Crippen molar-refractivity contribution in [1.29, 1.82) is 0 Å². The van der Waals surface area contributed by atoms with Crippen molar-refractivity contribution in [3.05, 3.63) is 78.6 Å². The van der Waals surface area contributed by atoms with Gasteiger partial charge in [-0.1, -0.05) is 42.5 Å². The van der Waals surface area contributed by atoms with Crippen molar-refractivity contribution >= 4 is 27.8 Å². The largest absolute Gasteiger partial charge is 0.464 e. The lowest BCUT2D eigenvalue weighted by Gasteiger charge is -2.28. The van der Waals surface area contributed by atoms with Crippen molar-refractivity contribution < 1.29 is 22.4 Å². The first-order valence-electron chi connectivity index (χ1n) is 13.2. The summed E-state index contributed by atoms with van der Waals surface area (Å²) < 4.78 is 48.2. The van der Waals surface area contributed by atoms with Crippen LogP contribution >= 0.6 is 0 Å². The lowest BCUT2D eigenvalue weighted by atomic mass is 9.80. The van der Waals surface area contributed by atoms with Gasteiger partial charge in [0.1, 0.15) is 17.2 Å². The molecule has 8 heteroatoms. The summed E-state index contributed by atoms with van der Waals surface area (Å²) in [5, 5.41) is 4.36. The van der Waals surface area contributed by atoms with E-state index >= 15 is 0 Å². The topological polar surface area (TPSA) is 60.1 Å². The number of benzene rings is 3. The second kappa shape index (κ2) is 8.81. The third-order valence-electron chi connectivity index (χ3n) is 8.19. The highest BCUT2D eigenvalue weighted by Gasteiger charge is 2.48. The molecule has 1 aliphatic carbocycles. The number of imidazole rings is 1. The molecule has 1 aliphatic heterocycles. The van der Waals surface area contributed by atoms with Crippen LogP contribution in [0.1, 0.15) is 24.8 Å². The van der Waals surface area contributed by atoms with Crippen LogP contribution in [0.2, 0.25) is 0 Å². The Morgan fingerprint density at radius 3 is 2.54 bits per heavy atom. The van der Waals surface area contributed by atoms with Gasteiger partial charge in [0.15, 0.2) is 0 Å². The number of carbonyl (C=O) groups is 1. The van der Waals surface area contributed by atoms with Crippen LogP contribution in [0.4, 0.5) is 13.2 Å². The number of hydrogen-bond donors (Lipinski definition) is 1. The third kappa shape index (κ3) is 4.14. The molecule has 3 heterocycles. The predicted molar refractivity (Wildman–Crippen MR) is 143 cm³/mol. The van der Waals surface area contributed by atoms with Crippen LogP contribution in [0.15, 0.2) is 77.4 Å². The molecule has 2 fully saturated rings. The highest BCUT2D eigenvalue weighted by atomic mass is 19.4. The fourth-order valence-electron chi connectivity index (χ4n) is 5.93. The summed E-state index contributed by atoms with van der Waals surface area (Å²) in [7, 11) is 0. The highest BCUT2D eigenvalue weighted by Crippen LogP contribution is 2.43. The minimum absolute atomic E-state index is 0.0871. The van der Waals surface area contributed by atoms with E-state index in [2.05, 4.69) is 5.32 Å². The number of fused-ring (bicyclic) bond motifs is 2. The number of nitrogens with zero attached hydrogens (tertiary/aromatic N) is 2. The van der Waals surface area contributed by atoms with Crippen LogP contribution in [0.25, 0.3) is 44.5 Å². The Balaban J connectivity index is 1.34. The minimum Gasteiger partial charge on any atom is -0.464 e. The van der Waals surface area contributed by atoms with E-state index in [0.717, 1.165) is 59.2 Å². The first kappa shape index (κ1) is 24.2. The molecule has 5 aromatic rings. The molecule has 3 aromatic carbocycles. The van der Waals surface area contributed by atoms with Crippen molar-refractivity contribution in [1.82, 2.24) is 14.9 Å². The lowest BCUT2D eigenvalue weighted by Crippen LogP contribution is -2.39. The number of para-hydroxylation sites is 1. The molecule has 2 aliphatic rings. The standard InChI is InChI=1S/C31H26F3N3O2/c32-31(33,34)22-11-12-26-25(15-22)36-29(37(26)18-30(13-14-35-17-30)28(38)20-7-8-20)21-9-5-19(6-10-21)24-16-39-27-4-2-1-3-23(24)27/h1-6,9-12,15-16,20,35H,7-8,13-14,17-18H2/t30-/m0/s1. The van der Waals surface area contributed by atoms with E-state index in [1.165, 1.54) is 6.07 Å². The van der Waals surface area contributed by atoms with Crippen molar-refractivity contribution in [2.24, 2.45) is 11.3 Å². The summed E-state index contributed by atoms with van der Waals surface area (Å²) >= 11 is 0. The van der Waals surface area contributed by atoms with Gasteiger partial charge in [-0.15, -0.1) is 0 Å². The van der Waals surface area contributed by atoms with Gasteiger partial charge in [0.2, 0.25) is 0 Å². The molecule has 0 spiro atoms. The van der Waals surface area contributed by atoms with E-state index in [9.17, 15) is 18.0 Å². The fraction of sp³-hybridized carbons (Fsp3) is 0.290. The normalized spacial score (nSPS) is 19.8.